The average molecular weight is 444 g/mol. The fourth-order valence-corrected chi connectivity index (χ4v) is 1.89. The zero-order valence-corrected chi connectivity index (χ0v) is 18.8. The zero-order valence-electron chi connectivity index (χ0n) is 17.9. The molecular formula is C21H33NO7S. The minimum absolute atomic E-state index is 0.000642. The summed E-state index contributed by atoms with van der Waals surface area (Å²) in [6.07, 6.45) is 0.282. The third-order valence-corrected chi connectivity index (χ3v) is 3.55. The van der Waals surface area contributed by atoms with Crippen LogP contribution in [0.25, 0.3) is 0 Å². The topological polar surface area (TPSA) is 108 Å². The van der Waals surface area contributed by atoms with Crippen molar-refractivity contribution in [2.75, 3.05) is 25.5 Å². The van der Waals surface area contributed by atoms with Gasteiger partial charge in [-0.05, 0) is 32.4 Å². The summed E-state index contributed by atoms with van der Waals surface area (Å²) in [4.78, 5) is 46.6. The van der Waals surface area contributed by atoms with E-state index in [1.165, 1.54) is 13.8 Å². The lowest BCUT2D eigenvalue weighted by Crippen LogP contribution is -2.31. The SMILES string of the molecule is C=C.C=C(C)C(=O)OCC(COC(=O)C(=C)C)OC(=O)CCCC(=O)NCCCS. The minimum Gasteiger partial charge on any atom is -0.458 e. The van der Waals surface area contributed by atoms with Crippen LogP contribution in [-0.2, 0) is 33.4 Å². The van der Waals surface area contributed by atoms with Crippen LogP contribution in [0.5, 0.6) is 0 Å². The number of ether oxygens (including phenoxy) is 3. The molecule has 0 saturated carbocycles. The molecule has 0 aliphatic carbocycles. The van der Waals surface area contributed by atoms with E-state index in [4.69, 9.17) is 14.2 Å². The molecule has 0 aliphatic heterocycles. The quantitative estimate of drug-likeness (QED) is 0.106. The molecule has 8 nitrogen and oxygen atoms in total. The minimum atomic E-state index is -0.969. The van der Waals surface area contributed by atoms with Gasteiger partial charge in [0.15, 0.2) is 6.10 Å². The number of carbonyl (C=O) groups is 4. The summed E-state index contributed by atoms with van der Waals surface area (Å²) >= 11 is 4.05. The van der Waals surface area contributed by atoms with E-state index in [-0.39, 0.29) is 43.1 Å². The number of hydrogen-bond donors (Lipinski definition) is 2. The third-order valence-electron chi connectivity index (χ3n) is 3.24. The third kappa shape index (κ3) is 16.4. The van der Waals surface area contributed by atoms with E-state index in [2.05, 4.69) is 44.3 Å². The molecule has 0 bridgehead atoms. The largest absolute Gasteiger partial charge is 0.458 e. The molecule has 0 atom stereocenters. The van der Waals surface area contributed by atoms with E-state index in [1.54, 1.807) is 0 Å². The van der Waals surface area contributed by atoms with Gasteiger partial charge in [0.05, 0.1) is 0 Å². The lowest BCUT2D eigenvalue weighted by atomic mass is 10.2. The fraction of sp³-hybridized carbons (Fsp3) is 0.524. The number of esters is 3. The monoisotopic (exact) mass is 443 g/mol. The number of rotatable bonds is 14. The number of thiol groups is 1. The Hall–Kier alpha value is -2.55. The molecule has 0 aromatic carbocycles. The summed E-state index contributed by atoms with van der Waals surface area (Å²) in [5, 5.41) is 2.71. The summed E-state index contributed by atoms with van der Waals surface area (Å²) in [5.41, 5.74) is 0.376. The Bertz CT molecular complexity index is 574. The number of amides is 1. The lowest BCUT2D eigenvalue weighted by Gasteiger charge is -2.18. The molecule has 0 radical (unpaired) electrons. The van der Waals surface area contributed by atoms with E-state index < -0.39 is 24.0 Å². The van der Waals surface area contributed by atoms with Crippen LogP contribution in [-0.4, -0.2) is 55.4 Å². The van der Waals surface area contributed by atoms with Crippen molar-refractivity contribution in [2.45, 2.75) is 45.6 Å². The Morgan fingerprint density at radius 1 is 0.900 bits per heavy atom. The van der Waals surface area contributed by atoms with Crippen molar-refractivity contribution in [1.29, 1.82) is 0 Å². The molecule has 0 spiro atoms. The molecule has 9 heteroatoms. The van der Waals surface area contributed by atoms with Crippen LogP contribution < -0.4 is 5.32 Å². The zero-order chi connectivity index (χ0) is 23.5. The lowest BCUT2D eigenvalue weighted by molar-refractivity contribution is -0.164. The van der Waals surface area contributed by atoms with Crippen molar-refractivity contribution in [3.63, 3.8) is 0 Å². The second-order valence-electron chi connectivity index (χ2n) is 6.15. The van der Waals surface area contributed by atoms with Crippen molar-refractivity contribution < 1.29 is 33.4 Å². The molecular weight excluding hydrogens is 410 g/mol. The normalized spacial score (nSPS) is 9.60. The van der Waals surface area contributed by atoms with Crippen LogP contribution in [0.15, 0.2) is 37.5 Å². The first-order valence-electron chi connectivity index (χ1n) is 9.39. The van der Waals surface area contributed by atoms with E-state index in [0.717, 1.165) is 6.42 Å². The molecule has 0 unspecified atom stereocenters. The molecule has 0 heterocycles. The first-order valence-corrected chi connectivity index (χ1v) is 10.0. The predicted molar refractivity (Wildman–Crippen MR) is 118 cm³/mol. The molecule has 1 N–H and O–H groups in total. The Morgan fingerprint density at radius 3 is 1.83 bits per heavy atom. The molecule has 0 rings (SSSR count). The maximum atomic E-state index is 12.0. The smallest absolute Gasteiger partial charge is 0.333 e. The van der Waals surface area contributed by atoms with Gasteiger partial charge in [0, 0.05) is 30.5 Å². The van der Waals surface area contributed by atoms with Gasteiger partial charge in [-0.1, -0.05) is 13.2 Å². The van der Waals surface area contributed by atoms with Gasteiger partial charge < -0.3 is 19.5 Å². The van der Waals surface area contributed by atoms with Gasteiger partial charge in [-0.25, -0.2) is 9.59 Å². The number of carbonyl (C=O) groups excluding carboxylic acids is 4. The summed E-state index contributed by atoms with van der Waals surface area (Å²) in [5.74, 6) is -1.36. The van der Waals surface area contributed by atoms with Gasteiger partial charge >= 0.3 is 17.9 Å². The first-order chi connectivity index (χ1) is 14.2. The molecule has 0 aromatic rings. The highest BCUT2D eigenvalue weighted by Crippen LogP contribution is 2.05. The highest BCUT2D eigenvalue weighted by molar-refractivity contribution is 7.80. The summed E-state index contributed by atoms with van der Waals surface area (Å²) in [6.45, 7) is 15.8. The van der Waals surface area contributed by atoms with Crippen LogP contribution in [0.2, 0.25) is 0 Å². The molecule has 0 fully saturated rings. The van der Waals surface area contributed by atoms with Crippen LogP contribution in [0.4, 0.5) is 0 Å². The van der Waals surface area contributed by atoms with Crippen molar-refractivity contribution in [1.82, 2.24) is 5.32 Å². The van der Waals surface area contributed by atoms with Crippen LogP contribution in [0.1, 0.15) is 39.5 Å². The van der Waals surface area contributed by atoms with E-state index in [9.17, 15) is 19.2 Å². The maximum absolute atomic E-state index is 12.0. The van der Waals surface area contributed by atoms with Gasteiger partial charge in [0.1, 0.15) is 13.2 Å². The van der Waals surface area contributed by atoms with Crippen molar-refractivity contribution in [3.05, 3.63) is 37.5 Å². The molecule has 1 amide bonds. The molecule has 0 aliphatic rings. The van der Waals surface area contributed by atoms with Crippen molar-refractivity contribution >= 4 is 36.4 Å². The van der Waals surface area contributed by atoms with Crippen LogP contribution in [0, 0.1) is 0 Å². The molecule has 170 valence electrons. The fourth-order valence-electron chi connectivity index (χ4n) is 1.73. The molecule has 30 heavy (non-hydrogen) atoms. The second kappa shape index (κ2) is 18.5. The molecule has 0 aromatic heterocycles. The maximum Gasteiger partial charge on any atom is 0.333 e. The predicted octanol–water partition coefficient (Wildman–Crippen LogP) is 2.55. The Labute approximate surface area is 184 Å². The Balaban J connectivity index is 0. The summed E-state index contributed by atoms with van der Waals surface area (Å²) in [6, 6.07) is 0. The average Bonchev–Trinajstić information content (AvgIpc) is 2.70. The second-order valence-corrected chi connectivity index (χ2v) is 6.60. The van der Waals surface area contributed by atoms with E-state index in [0.29, 0.717) is 18.7 Å². The van der Waals surface area contributed by atoms with Gasteiger partial charge in [-0.3, -0.25) is 9.59 Å². The van der Waals surface area contributed by atoms with Crippen LogP contribution in [0.3, 0.4) is 0 Å². The van der Waals surface area contributed by atoms with Crippen molar-refractivity contribution in [2.24, 2.45) is 0 Å². The highest BCUT2D eigenvalue weighted by Gasteiger charge is 2.20. The Morgan fingerprint density at radius 2 is 1.40 bits per heavy atom. The van der Waals surface area contributed by atoms with Gasteiger partial charge in [-0.15, -0.1) is 13.2 Å². The first kappa shape index (κ1) is 29.6. The number of hydrogen-bond acceptors (Lipinski definition) is 8. The van der Waals surface area contributed by atoms with Gasteiger partial charge in [-0.2, -0.15) is 12.6 Å². The van der Waals surface area contributed by atoms with Crippen LogP contribution >= 0.6 is 12.6 Å². The summed E-state index contributed by atoms with van der Waals surface area (Å²) in [7, 11) is 0. The highest BCUT2D eigenvalue weighted by atomic mass is 32.1. The van der Waals surface area contributed by atoms with E-state index >= 15 is 0 Å². The number of nitrogens with one attached hydrogen (secondary N) is 1. The van der Waals surface area contributed by atoms with Crippen molar-refractivity contribution in [3.8, 4) is 0 Å². The van der Waals surface area contributed by atoms with Gasteiger partial charge in [0.2, 0.25) is 5.91 Å². The van der Waals surface area contributed by atoms with E-state index in [1.807, 2.05) is 0 Å². The summed E-state index contributed by atoms with van der Waals surface area (Å²) < 4.78 is 15.1. The van der Waals surface area contributed by atoms with Gasteiger partial charge in [0.25, 0.3) is 0 Å². The molecule has 0 saturated heterocycles. The standard InChI is InChI=1S/C19H29NO7S.C2H4/c1-13(2)18(23)25-11-15(12-26-19(24)14(3)4)27-17(22)8-5-7-16(21)20-9-6-10-28;1-2/h15,28H,1,3,5-12H2,2,4H3,(H,20,21);1-2H2. The Kier molecular flexibility index (Phi) is 18.3.